The molecule has 0 aliphatic heterocycles. The number of rotatable bonds is 3. The van der Waals surface area contributed by atoms with E-state index in [0.29, 0.717) is 6.42 Å². The van der Waals surface area contributed by atoms with Crippen LogP contribution in [0.2, 0.25) is 0 Å². The van der Waals surface area contributed by atoms with Crippen molar-refractivity contribution in [1.82, 2.24) is 0 Å². The van der Waals surface area contributed by atoms with Crippen molar-refractivity contribution in [1.29, 1.82) is 0 Å². The molecule has 1 fully saturated rings. The Morgan fingerprint density at radius 3 is 2.64 bits per heavy atom. The summed E-state index contributed by atoms with van der Waals surface area (Å²) in [6.07, 6.45) is 11.9. The van der Waals surface area contributed by atoms with Crippen LogP contribution in [-0.2, 0) is 4.79 Å². The predicted molar refractivity (Wildman–Crippen MR) is 45.0 cm³/mol. The van der Waals surface area contributed by atoms with Gasteiger partial charge in [-0.25, -0.2) is 0 Å². The average Bonchev–Trinajstić information content (AvgIpc) is 2.52. The van der Waals surface area contributed by atoms with E-state index in [0.717, 1.165) is 12.3 Å². The van der Waals surface area contributed by atoms with Crippen molar-refractivity contribution in [3.8, 4) is 12.3 Å². The number of hydrogen-bond donors (Lipinski definition) is 0. The monoisotopic (exact) mass is 150 g/mol. The maximum atomic E-state index is 10.7. The summed E-state index contributed by atoms with van der Waals surface area (Å²) >= 11 is 0. The van der Waals surface area contributed by atoms with Gasteiger partial charge in [0.2, 0.25) is 5.78 Å². The summed E-state index contributed by atoms with van der Waals surface area (Å²) in [5, 5.41) is 0. The lowest BCUT2D eigenvalue weighted by molar-refractivity contribution is -0.114. The fourth-order valence-corrected chi connectivity index (χ4v) is 1.71. The highest BCUT2D eigenvalue weighted by Gasteiger charge is 2.15. The van der Waals surface area contributed by atoms with E-state index in [1.165, 1.54) is 25.7 Å². The van der Waals surface area contributed by atoms with Crippen LogP contribution < -0.4 is 0 Å². The molecular weight excluding hydrogens is 136 g/mol. The van der Waals surface area contributed by atoms with Crippen LogP contribution in [0.3, 0.4) is 0 Å². The number of carbonyl (C=O) groups is 1. The molecule has 0 atom stereocenters. The van der Waals surface area contributed by atoms with E-state index in [4.69, 9.17) is 6.42 Å². The van der Waals surface area contributed by atoms with Crippen LogP contribution in [-0.4, -0.2) is 5.78 Å². The first-order valence-electron chi connectivity index (χ1n) is 4.32. The molecule has 1 heteroatoms. The molecule has 1 aliphatic rings. The van der Waals surface area contributed by atoms with Gasteiger partial charge in [0.05, 0.1) is 0 Å². The van der Waals surface area contributed by atoms with Crippen LogP contribution in [0.4, 0.5) is 0 Å². The second kappa shape index (κ2) is 4.18. The highest BCUT2D eigenvalue weighted by atomic mass is 16.1. The first-order valence-corrected chi connectivity index (χ1v) is 4.32. The molecule has 0 aromatic rings. The molecule has 0 aromatic heterocycles. The van der Waals surface area contributed by atoms with Crippen LogP contribution in [0.5, 0.6) is 0 Å². The Balaban J connectivity index is 2.12. The Kier molecular flexibility index (Phi) is 3.16. The maximum absolute atomic E-state index is 10.7. The van der Waals surface area contributed by atoms with Crippen LogP contribution in [0.15, 0.2) is 0 Å². The van der Waals surface area contributed by atoms with Gasteiger partial charge in [0.1, 0.15) is 0 Å². The fraction of sp³-hybridized carbons (Fsp3) is 0.700. The molecule has 0 saturated heterocycles. The number of terminal acetylenes is 1. The van der Waals surface area contributed by atoms with E-state index < -0.39 is 0 Å². The van der Waals surface area contributed by atoms with Gasteiger partial charge >= 0.3 is 0 Å². The summed E-state index contributed by atoms with van der Waals surface area (Å²) in [6.45, 7) is 0. The summed E-state index contributed by atoms with van der Waals surface area (Å²) in [4.78, 5) is 10.7. The fourth-order valence-electron chi connectivity index (χ4n) is 1.71. The van der Waals surface area contributed by atoms with Gasteiger partial charge in [-0.2, -0.15) is 0 Å². The quantitative estimate of drug-likeness (QED) is 0.445. The number of carbonyl (C=O) groups excluding carboxylic acids is 1. The second-order valence-corrected chi connectivity index (χ2v) is 3.26. The Labute approximate surface area is 68.2 Å². The highest BCUT2D eigenvalue weighted by Crippen LogP contribution is 2.28. The zero-order chi connectivity index (χ0) is 8.10. The van der Waals surface area contributed by atoms with E-state index in [-0.39, 0.29) is 5.78 Å². The van der Waals surface area contributed by atoms with Crippen molar-refractivity contribution in [3.05, 3.63) is 0 Å². The van der Waals surface area contributed by atoms with Gasteiger partial charge < -0.3 is 0 Å². The lowest BCUT2D eigenvalue weighted by Crippen LogP contribution is -1.99. The van der Waals surface area contributed by atoms with Crippen molar-refractivity contribution in [2.24, 2.45) is 5.92 Å². The van der Waals surface area contributed by atoms with Crippen LogP contribution in [0.1, 0.15) is 38.5 Å². The molecule has 11 heavy (non-hydrogen) atoms. The Hall–Kier alpha value is -0.770. The minimum Gasteiger partial charge on any atom is -0.285 e. The zero-order valence-electron chi connectivity index (χ0n) is 6.81. The second-order valence-electron chi connectivity index (χ2n) is 3.26. The molecule has 0 heterocycles. The van der Waals surface area contributed by atoms with Gasteiger partial charge in [-0.05, 0) is 18.3 Å². The summed E-state index contributed by atoms with van der Waals surface area (Å²) < 4.78 is 0. The predicted octanol–water partition coefficient (Wildman–Crippen LogP) is 2.16. The van der Waals surface area contributed by atoms with Crippen molar-refractivity contribution >= 4 is 5.78 Å². The minimum absolute atomic E-state index is 0.0306. The van der Waals surface area contributed by atoms with Gasteiger partial charge in [-0.3, -0.25) is 4.79 Å². The molecular formula is C10H14O. The first kappa shape index (κ1) is 8.33. The van der Waals surface area contributed by atoms with Gasteiger partial charge in [-0.1, -0.05) is 25.7 Å². The van der Waals surface area contributed by atoms with E-state index in [1.54, 1.807) is 0 Å². The molecule has 0 bridgehead atoms. The zero-order valence-corrected chi connectivity index (χ0v) is 6.81. The lowest BCUT2D eigenvalue weighted by atomic mass is 10.0. The Bertz CT molecular complexity index is 170. The molecule has 1 aliphatic carbocycles. The van der Waals surface area contributed by atoms with Gasteiger partial charge in [0.15, 0.2) is 0 Å². The van der Waals surface area contributed by atoms with E-state index in [2.05, 4.69) is 5.92 Å². The minimum atomic E-state index is -0.0306. The lowest BCUT2D eigenvalue weighted by Gasteiger charge is -2.04. The van der Waals surface area contributed by atoms with Crippen molar-refractivity contribution in [2.45, 2.75) is 38.5 Å². The Morgan fingerprint density at radius 2 is 2.09 bits per heavy atom. The molecule has 60 valence electrons. The molecule has 1 saturated carbocycles. The van der Waals surface area contributed by atoms with Crippen LogP contribution in [0.25, 0.3) is 0 Å². The van der Waals surface area contributed by atoms with E-state index in [1.807, 2.05) is 0 Å². The molecule has 0 unspecified atom stereocenters. The SMILES string of the molecule is C#CC(=O)CCC1CCCC1. The van der Waals surface area contributed by atoms with Gasteiger partial charge in [-0.15, -0.1) is 6.42 Å². The molecule has 1 nitrogen and oxygen atoms in total. The number of ketones is 1. The summed E-state index contributed by atoms with van der Waals surface area (Å²) in [5.41, 5.74) is 0. The first-order chi connectivity index (χ1) is 5.33. The normalized spacial score (nSPS) is 18.1. The number of Topliss-reactive ketones (excluding diaryl/α,β-unsaturated/α-hetero) is 1. The van der Waals surface area contributed by atoms with Crippen molar-refractivity contribution < 1.29 is 4.79 Å². The van der Waals surface area contributed by atoms with Crippen molar-refractivity contribution in [2.75, 3.05) is 0 Å². The summed E-state index contributed by atoms with van der Waals surface area (Å²) in [7, 11) is 0. The summed E-state index contributed by atoms with van der Waals surface area (Å²) in [6, 6.07) is 0. The third-order valence-corrected chi connectivity index (χ3v) is 2.42. The van der Waals surface area contributed by atoms with Crippen LogP contribution in [0, 0.1) is 18.3 Å². The molecule has 0 spiro atoms. The Morgan fingerprint density at radius 1 is 1.45 bits per heavy atom. The molecule has 1 rings (SSSR count). The highest BCUT2D eigenvalue weighted by molar-refractivity contribution is 5.94. The molecule has 0 amide bonds. The van der Waals surface area contributed by atoms with Gasteiger partial charge in [0.25, 0.3) is 0 Å². The third kappa shape index (κ3) is 2.76. The van der Waals surface area contributed by atoms with Crippen molar-refractivity contribution in [3.63, 3.8) is 0 Å². The largest absolute Gasteiger partial charge is 0.285 e. The third-order valence-electron chi connectivity index (χ3n) is 2.42. The van der Waals surface area contributed by atoms with E-state index in [9.17, 15) is 4.79 Å². The molecule has 0 aromatic carbocycles. The standard InChI is InChI=1S/C10H14O/c1-2-10(11)8-7-9-5-3-4-6-9/h1,9H,3-8H2. The molecule has 0 N–H and O–H groups in total. The number of hydrogen-bond acceptors (Lipinski definition) is 1. The topological polar surface area (TPSA) is 17.1 Å². The molecule has 0 radical (unpaired) electrons. The maximum Gasteiger partial charge on any atom is 0.205 e. The average molecular weight is 150 g/mol. The van der Waals surface area contributed by atoms with Gasteiger partial charge in [0, 0.05) is 6.42 Å². The van der Waals surface area contributed by atoms with E-state index >= 15 is 0 Å². The smallest absolute Gasteiger partial charge is 0.205 e. The van der Waals surface area contributed by atoms with Crippen LogP contribution >= 0.6 is 0 Å². The summed E-state index contributed by atoms with van der Waals surface area (Å²) in [5.74, 6) is 2.90.